The summed E-state index contributed by atoms with van der Waals surface area (Å²) in [4.78, 5) is 4.07. The smallest absolute Gasteiger partial charge is 0.0945 e. The van der Waals surface area contributed by atoms with Crippen molar-refractivity contribution in [3.05, 3.63) is 54.1 Å². The van der Waals surface area contributed by atoms with Crippen molar-refractivity contribution in [1.82, 2.24) is 14.9 Å². The van der Waals surface area contributed by atoms with Crippen molar-refractivity contribution in [3.63, 3.8) is 0 Å². The van der Waals surface area contributed by atoms with Crippen LogP contribution in [0.2, 0.25) is 0 Å². The van der Waals surface area contributed by atoms with E-state index >= 15 is 0 Å². The Morgan fingerprint density at radius 2 is 2.19 bits per heavy atom. The second-order valence-electron chi connectivity index (χ2n) is 6.00. The third-order valence-corrected chi connectivity index (χ3v) is 4.46. The highest BCUT2D eigenvalue weighted by Gasteiger charge is 2.18. The van der Waals surface area contributed by atoms with Crippen molar-refractivity contribution in [3.8, 4) is 0 Å². The quantitative estimate of drug-likeness (QED) is 0.790. The zero-order valence-electron chi connectivity index (χ0n) is 12.7. The van der Waals surface area contributed by atoms with Crippen LogP contribution in [0.15, 0.2) is 43.0 Å². The van der Waals surface area contributed by atoms with Crippen LogP contribution in [-0.2, 0) is 13.0 Å². The molecule has 3 heteroatoms. The SMILES string of the molecule is c1ccc2c(c1)CCCC2CNCCCCn1ccnc1. The van der Waals surface area contributed by atoms with E-state index in [1.54, 1.807) is 11.1 Å². The van der Waals surface area contributed by atoms with Gasteiger partial charge in [0.05, 0.1) is 6.33 Å². The van der Waals surface area contributed by atoms with Gasteiger partial charge in [-0.3, -0.25) is 0 Å². The number of benzene rings is 1. The maximum absolute atomic E-state index is 4.07. The van der Waals surface area contributed by atoms with Crippen LogP contribution in [0.25, 0.3) is 0 Å². The van der Waals surface area contributed by atoms with Crippen molar-refractivity contribution in [1.29, 1.82) is 0 Å². The molecule has 0 bridgehead atoms. The minimum absolute atomic E-state index is 0.712. The first kappa shape index (κ1) is 14.3. The second kappa shape index (κ2) is 7.41. The lowest BCUT2D eigenvalue weighted by Gasteiger charge is -2.25. The molecule has 2 aromatic rings. The van der Waals surface area contributed by atoms with E-state index < -0.39 is 0 Å². The van der Waals surface area contributed by atoms with Gasteiger partial charge in [-0.05, 0) is 55.7 Å². The molecule has 1 aliphatic rings. The predicted octanol–water partition coefficient (Wildman–Crippen LogP) is 3.37. The van der Waals surface area contributed by atoms with E-state index in [0.717, 1.165) is 19.6 Å². The number of aryl methyl sites for hydroxylation is 2. The summed E-state index contributed by atoms with van der Waals surface area (Å²) in [5, 5.41) is 3.65. The van der Waals surface area contributed by atoms with Gasteiger partial charge in [-0.25, -0.2) is 4.98 Å². The van der Waals surface area contributed by atoms with Crippen molar-refractivity contribution < 1.29 is 0 Å². The number of aromatic nitrogens is 2. The summed E-state index contributed by atoms with van der Waals surface area (Å²) in [6.07, 6.45) is 12.1. The summed E-state index contributed by atoms with van der Waals surface area (Å²) >= 11 is 0. The van der Waals surface area contributed by atoms with Gasteiger partial charge in [0.25, 0.3) is 0 Å². The van der Waals surface area contributed by atoms with Crippen molar-refractivity contribution >= 4 is 0 Å². The topological polar surface area (TPSA) is 29.9 Å². The number of nitrogens with one attached hydrogen (secondary N) is 1. The number of hydrogen-bond donors (Lipinski definition) is 1. The first-order valence-corrected chi connectivity index (χ1v) is 8.18. The van der Waals surface area contributed by atoms with Gasteiger partial charge in [-0.2, -0.15) is 0 Å². The number of unbranched alkanes of at least 4 members (excludes halogenated alkanes) is 1. The molecule has 0 fully saturated rings. The molecule has 1 heterocycles. The number of fused-ring (bicyclic) bond motifs is 1. The molecule has 1 atom stereocenters. The van der Waals surface area contributed by atoms with Crippen LogP contribution >= 0.6 is 0 Å². The van der Waals surface area contributed by atoms with E-state index in [9.17, 15) is 0 Å². The maximum Gasteiger partial charge on any atom is 0.0945 e. The molecule has 1 N–H and O–H groups in total. The van der Waals surface area contributed by atoms with E-state index in [-0.39, 0.29) is 0 Å². The molecule has 21 heavy (non-hydrogen) atoms. The molecule has 1 aliphatic carbocycles. The summed E-state index contributed by atoms with van der Waals surface area (Å²) in [6.45, 7) is 3.32. The van der Waals surface area contributed by atoms with Crippen LogP contribution in [0, 0.1) is 0 Å². The molecule has 3 nitrogen and oxygen atoms in total. The predicted molar refractivity (Wildman–Crippen MR) is 86.5 cm³/mol. The largest absolute Gasteiger partial charge is 0.337 e. The fourth-order valence-corrected chi connectivity index (χ4v) is 3.31. The van der Waals surface area contributed by atoms with Crippen LogP contribution in [0.1, 0.15) is 42.7 Å². The Balaban J connectivity index is 1.36. The Morgan fingerprint density at radius 3 is 3.10 bits per heavy atom. The van der Waals surface area contributed by atoms with E-state index in [2.05, 4.69) is 39.1 Å². The minimum atomic E-state index is 0.712. The van der Waals surface area contributed by atoms with Crippen molar-refractivity contribution in [2.75, 3.05) is 13.1 Å². The lowest BCUT2D eigenvalue weighted by Crippen LogP contribution is -2.25. The van der Waals surface area contributed by atoms with E-state index in [1.165, 1.54) is 32.1 Å². The summed E-state index contributed by atoms with van der Waals surface area (Å²) in [7, 11) is 0. The summed E-state index contributed by atoms with van der Waals surface area (Å²) < 4.78 is 2.15. The van der Waals surface area contributed by atoms with Gasteiger partial charge in [0, 0.05) is 25.5 Å². The molecule has 0 spiro atoms. The summed E-state index contributed by atoms with van der Waals surface area (Å²) in [5.74, 6) is 0.712. The Labute approximate surface area is 127 Å². The highest BCUT2D eigenvalue weighted by molar-refractivity contribution is 5.32. The van der Waals surface area contributed by atoms with Crippen molar-refractivity contribution in [2.45, 2.75) is 44.6 Å². The molecule has 1 aromatic carbocycles. The van der Waals surface area contributed by atoms with Crippen LogP contribution in [0.5, 0.6) is 0 Å². The summed E-state index contributed by atoms with van der Waals surface area (Å²) in [6, 6.07) is 8.97. The van der Waals surface area contributed by atoms with Gasteiger partial charge in [-0.1, -0.05) is 24.3 Å². The minimum Gasteiger partial charge on any atom is -0.337 e. The lowest BCUT2D eigenvalue weighted by molar-refractivity contribution is 0.493. The first-order chi connectivity index (χ1) is 10.4. The van der Waals surface area contributed by atoms with Gasteiger partial charge in [0.2, 0.25) is 0 Å². The van der Waals surface area contributed by atoms with Gasteiger partial charge in [0.1, 0.15) is 0 Å². The first-order valence-electron chi connectivity index (χ1n) is 8.18. The number of rotatable bonds is 7. The molecule has 1 aromatic heterocycles. The molecule has 112 valence electrons. The average Bonchev–Trinajstić information content (AvgIpc) is 3.04. The number of imidazole rings is 1. The molecule has 0 saturated carbocycles. The van der Waals surface area contributed by atoms with E-state index in [4.69, 9.17) is 0 Å². The highest BCUT2D eigenvalue weighted by Crippen LogP contribution is 2.30. The van der Waals surface area contributed by atoms with Crippen molar-refractivity contribution in [2.24, 2.45) is 0 Å². The third-order valence-electron chi connectivity index (χ3n) is 4.46. The highest BCUT2D eigenvalue weighted by atomic mass is 15.0. The zero-order valence-corrected chi connectivity index (χ0v) is 12.7. The van der Waals surface area contributed by atoms with E-state index in [1.807, 2.05) is 18.7 Å². The Kier molecular flexibility index (Phi) is 5.06. The normalized spacial score (nSPS) is 17.6. The Bertz CT molecular complexity index is 533. The van der Waals surface area contributed by atoms with Gasteiger partial charge < -0.3 is 9.88 Å². The molecule has 0 saturated heterocycles. The van der Waals surface area contributed by atoms with E-state index in [0.29, 0.717) is 5.92 Å². The fourth-order valence-electron chi connectivity index (χ4n) is 3.31. The van der Waals surface area contributed by atoms with Crippen LogP contribution in [0.3, 0.4) is 0 Å². The van der Waals surface area contributed by atoms with Crippen LogP contribution < -0.4 is 5.32 Å². The molecule has 3 rings (SSSR count). The molecular weight excluding hydrogens is 258 g/mol. The molecule has 0 radical (unpaired) electrons. The van der Waals surface area contributed by atoms with Crippen LogP contribution in [0.4, 0.5) is 0 Å². The standard InChI is InChI=1S/C18H25N3/c1-2-9-18-16(6-1)7-5-8-17(18)14-19-10-3-4-12-21-13-11-20-15-21/h1-2,6,9,11,13,15,17,19H,3-5,7-8,10,12,14H2. The Morgan fingerprint density at radius 1 is 1.24 bits per heavy atom. The van der Waals surface area contributed by atoms with Crippen LogP contribution in [-0.4, -0.2) is 22.6 Å². The average molecular weight is 283 g/mol. The number of hydrogen-bond acceptors (Lipinski definition) is 2. The molecular formula is C18H25N3. The lowest BCUT2D eigenvalue weighted by atomic mass is 9.83. The zero-order chi connectivity index (χ0) is 14.3. The number of nitrogens with zero attached hydrogens (tertiary/aromatic N) is 2. The second-order valence-corrected chi connectivity index (χ2v) is 6.00. The van der Waals surface area contributed by atoms with Gasteiger partial charge >= 0.3 is 0 Å². The monoisotopic (exact) mass is 283 g/mol. The fraction of sp³-hybridized carbons (Fsp3) is 0.500. The molecule has 0 amide bonds. The third kappa shape index (κ3) is 3.94. The maximum atomic E-state index is 4.07. The Hall–Kier alpha value is -1.61. The summed E-state index contributed by atoms with van der Waals surface area (Å²) in [5.41, 5.74) is 3.14. The van der Waals surface area contributed by atoms with Gasteiger partial charge in [0.15, 0.2) is 0 Å². The van der Waals surface area contributed by atoms with Gasteiger partial charge in [-0.15, -0.1) is 0 Å². The molecule has 0 aliphatic heterocycles. The molecule has 1 unspecified atom stereocenters.